The third kappa shape index (κ3) is 7.87. The number of halogens is 1. The number of nitrogen functional groups attached to an aromatic ring is 1. The molecule has 0 atom stereocenters. The van der Waals surface area contributed by atoms with Gasteiger partial charge in [-0.15, -0.1) is 29.1 Å². The molecule has 0 aliphatic heterocycles. The van der Waals surface area contributed by atoms with Crippen molar-refractivity contribution in [3.8, 4) is 5.75 Å². The number of ketones is 1. The van der Waals surface area contributed by atoms with Crippen LogP contribution in [0.5, 0.6) is 5.75 Å². The molecule has 1 amide bonds. The number of ether oxygens (including phenoxy) is 2. The summed E-state index contributed by atoms with van der Waals surface area (Å²) in [6, 6.07) is 15.5. The summed E-state index contributed by atoms with van der Waals surface area (Å²) in [4.78, 5) is 42.8. The molecule has 4 N–H and O–H groups in total. The summed E-state index contributed by atoms with van der Waals surface area (Å²) in [6.07, 6.45) is 1.46. The highest BCUT2D eigenvalue weighted by Crippen LogP contribution is 2.28. The van der Waals surface area contributed by atoms with Gasteiger partial charge in [-0.25, -0.2) is 4.79 Å². The van der Waals surface area contributed by atoms with Crippen molar-refractivity contribution < 1.29 is 23.9 Å². The molecule has 11 nitrogen and oxygen atoms in total. The molecule has 0 aliphatic rings. The van der Waals surface area contributed by atoms with Gasteiger partial charge < -0.3 is 20.2 Å². The Kier molecular flexibility index (Phi) is 10.9. The van der Waals surface area contributed by atoms with E-state index in [9.17, 15) is 14.4 Å². The Morgan fingerprint density at radius 2 is 1.83 bits per heavy atom. The van der Waals surface area contributed by atoms with Gasteiger partial charge in [0.15, 0.2) is 11.6 Å². The molecule has 0 radical (unpaired) electrons. The first-order chi connectivity index (χ1) is 19.3. The Morgan fingerprint density at radius 3 is 2.49 bits per heavy atom. The quantitative estimate of drug-likeness (QED) is 0.0664. The number of benzene rings is 2. The van der Waals surface area contributed by atoms with Crippen LogP contribution in [0.25, 0.3) is 10.9 Å². The van der Waals surface area contributed by atoms with E-state index >= 15 is 0 Å². The Hall–Kier alpha value is -4.33. The molecule has 0 aliphatic carbocycles. The van der Waals surface area contributed by atoms with E-state index < -0.39 is 12.1 Å². The molecule has 2 aromatic carbocycles. The zero-order valence-corrected chi connectivity index (χ0v) is 25.0. The molecule has 0 fully saturated rings. The molecule has 41 heavy (non-hydrogen) atoms. The van der Waals surface area contributed by atoms with E-state index in [1.54, 1.807) is 49.4 Å². The van der Waals surface area contributed by atoms with Crippen LogP contribution in [0.2, 0.25) is 0 Å². The maximum atomic E-state index is 13.3. The van der Waals surface area contributed by atoms with Gasteiger partial charge in [0.05, 0.1) is 13.0 Å². The minimum atomic E-state index is -0.752. The molecule has 0 unspecified atom stereocenters. The van der Waals surface area contributed by atoms with E-state index in [1.165, 1.54) is 11.1 Å². The average molecular weight is 671 g/mol. The molecule has 4 rings (SSSR count). The predicted octanol–water partition coefficient (Wildman–Crippen LogP) is 4.94. The second-order valence-corrected chi connectivity index (χ2v) is 9.02. The number of nitrogens with zero attached hydrogens (tertiary/aromatic N) is 3. The zero-order chi connectivity index (χ0) is 28.6. The standard InChI is InChI=1S/C29H30N6O5.HI/c1-3-39-26(37)14-16-35(25-5-4-15-32-34-25)29(38)40-21-11-12-23-22(17-21)27(18(2)33-23)24(36)13-8-19-6-9-20(10-7-19)28(30)31;/h4-7,9-12,15,17,33H,3,8,13-14,16H2,1-2H3,(H3,30,31);1H. The lowest BCUT2D eigenvalue weighted by Gasteiger charge is -2.20. The van der Waals surface area contributed by atoms with Crippen molar-refractivity contribution in [1.82, 2.24) is 15.2 Å². The average Bonchev–Trinajstić information content (AvgIpc) is 3.27. The van der Waals surface area contributed by atoms with Gasteiger partial charge >= 0.3 is 12.1 Å². The summed E-state index contributed by atoms with van der Waals surface area (Å²) >= 11 is 0. The predicted molar refractivity (Wildman–Crippen MR) is 165 cm³/mol. The van der Waals surface area contributed by atoms with E-state index in [0.29, 0.717) is 28.6 Å². The third-order valence-corrected chi connectivity index (χ3v) is 6.25. The number of nitrogens with two attached hydrogens (primary N) is 1. The number of aromatic amines is 1. The lowest BCUT2D eigenvalue weighted by molar-refractivity contribution is -0.142. The van der Waals surface area contributed by atoms with Crippen molar-refractivity contribution in [2.24, 2.45) is 5.73 Å². The molecule has 12 heteroatoms. The maximum absolute atomic E-state index is 13.3. The number of aromatic nitrogens is 3. The van der Waals surface area contributed by atoms with Gasteiger partial charge in [-0.05, 0) is 56.2 Å². The number of hydrogen-bond acceptors (Lipinski definition) is 8. The van der Waals surface area contributed by atoms with Crippen molar-refractivity contribution in [1.29, 1.82) is 5.41 Å². The second kappa shape index (κ2) is 14.3. The topological polar surface area (TPSA) is 164 Å². The maximum Gasteiger partial charge on any atom is 0.421 e. The van der Waals surface area contributed by atoms with Crippen LogP contribution in [0.3, 0.4) is 0 Å². The van der Waals surface area contributed by atoms with Crippen molar-refractivity contribution in [3.05, 3.63) is 83.2 Å². The molecule has 2 aromatic heterocycles. The fourth-order valence-corrected chi connectivity index (χ4v) is 4.29. The number of amides is 1. The Morgan fingerprint density at radius 1 is 1.07 bits per heavy atom. The summed E-state index contributed by atoms with van der Waals surface area (Å²) in [7, 11) is 0. The van der Waals surface area contributed by atoms with Crippen LogP contribution < -0.4 is 15.4 Å². The largest absolute Gasteiger partial charge is 0.466 e. The molecule has 0 saturated heterocycles. The third-order valence-electron chi connectivity index (χ3n) is 6.25. The highest BCUT2D eigenvalue weighted by molar-refractivity contribution is 14.0. The van der Waals surface area contributed by atoms with Gasteiger partial charge in [-0.2, -0.15) is 5.10 Å². The summed E-state index contributed by atoms with van der Waals surface area (Å²) in [5.74, 6) is -0.0600. The molecule has 4 aromatic rings. The van der Waals surface area contributed by atoms with Crippen LogP contribution in [0, 0.1) is 12.3 Å². The van der Waals surface area contributed by atoms with Gasteiger partial charge in [0.1, 0.15) is 11.6 Å². The van der Waals surface area contributed by atoms with Crippen LogP contribution in [0.1, 0.15) is 46.9 Å². The van der Waals surface area contributed by atoms with Gasteiger partial charge in [0.2, 0.25) is 0 Å². The van der Waals surface area contributed by atoms with Crippen molar-refractivity contribution in [2.75, 3.05) is 18.1 Å². The van der Waals surface area contributed by atoms with Crippen LogP contribution in [-0.4, -0.2) is 52.0 Å². The highest BCUT2D eigenvalue weighted by Gasteiger charge is 2.22. The Bertz CT molecular complexity index is 1540. The highest BCUT2D eigenvalue weighted by atomic mass is 127. The fourth-order valence-electron chi connectivity index (χ4n) is 4.29. The summed E-state index contributed by atoms with van der Waals surface area (Å²) in [6.45, 7) is 3.75. The number of aryl methyl sites for hydroxylation is 2. The number of nitrogens with one attached hydrogen (secondary N) is 2. The number of H-pyrrole nitrogens is 1. The number of hydrogen-bond donors (Lipinski definition) is 3. The second-order valence-electron chi connectivity index (χ2n) is 9.02. The van der Waals surface area contributed by atoms with E-state index in [2.05, 4.69) is 15.2 Å². The van der Waals surface area contributed by atoms with Crippen molar-refractivity contribution >= 4 is 64.4 Å². The van der Waals surface area contributed by atoms with Gasteiger partial charge in [-0.1, -0.05) is 24.3 Å². The van der Waals surface area contributed by atoms with E-state index in [1.807, 2.05) is 19.1 Å². The first-order valence-corrected chi connectivity index (χ1v) is 12.8. The molecule has 0 saturated carbocycles. The fraction of sp³-hybridized carbons (Fsp3) is 0.241. The number of carbonyl (C=O) groups excluding carboxylic acids is 3. The number of Topliss-reactive ketones (excluding diaryl/α,β-unsaturated/α-hetero) is 1. The summed E-state index contributed by atoms with van der Waals surface area (Å²) < 4.78 is 10.6. The van der Waals surface area contributed by atoms with Gasteiger partial charge in [0, 0.05) is 46.9 Å². The molecule has 0 spiro atoms. The first-order valence-electron chi connectivity index (χ1n) is 12.8. The smallest absolute Gasteiger partial charge is 0.421 e. The molecular formula is C29H31IN6O5. The van der Waals surface area contributed by atoms with Gasteiger partial charge in [0.25, 0.3) is 0 Å². The number of carbonyl (C=O) groups is 3. The van der Waals surface area contributed by atoms with Crippen molar-refractivity contribution in [3.63, 3.8) is 0 Å². The minimum absolute atomic E-state index is 0. The SMILES string of the molecule is CCOC(=O)CCN(C(=O)Oc1ccc2[nH]c(C)c(C(=O)CCc3ccc(C(=N)N)cc3)c2c1)c1cccnn1.I. The first kappa shape index (κ1) is 31.2. The normalized spacial score (nSPS) is 10.5. The molecule has 2 heterocycles. The Labute approximate surface area is 253 Å². The van der Waals surface area contributed by atoms with Crippen molar-refractivity contribution in [2.45, 2.75) is 33.1 Å². The van der Waals surface area contributed by atoms with E-state index in [-0.39, 0.29) is 73.2 Å². The lowest BCUT2D eigenvalue weighted by atomic mass is 9.99. The summed E-state index contributed by atoms with van der Waals surface area (Å²) in [5, 5.41) is 15.9. The number of amidine groups is 1. The van der Waals surface area contributed by atoms with Crippen LogP contribution >= 0.6 is 24.0 Å². The van der Waals surface area contributed by atoms with E-state index in [0.717, 1.165) is 11.1 Å². The van der Waals surface area contributed by atoms with Crippen LogP contribution in [-0.2, 0) is 16.0 Å². The Balaban J connectivity index is 0.00000462. The minimum Gasteiger partial charge on any atom is -0.466 e. The number of esters is 1. The monoisotopic (exact) mass is 670 g/mol. The molecular weight excluding hydrogens is 639 g/mol. The molecule has 214 valence electrons. The van der Waals surface area contributed by atoms with E-state index in [4.69, 9.17) is 20.6 Å². The van der Waals surface area contributed by atoms with Crippen LogP contribution in [0.4, 0.5) is 10.6 Å². The lowest BCUT2D eigenvalue weighted by Crippen LogP contribution is -2.36. The zero-order valence-electron chi connectivity index (χ0n) is 22.7. The number of anilines is 1. The summed E-state index contributed by atoms with van der Waals surface area (Å²) in [5.41, 5.74) is 9.08. The number of fused-ring (bicyclic) bond motifs is 1. The van der Waals surface area contributed by atoms with Crippen LogP contribution in [0.15, 0.2) is 60.8 Å². The molecule has 0 bridgehead atoms. The number of rotatable bonds is 11. The van der Waals surface area contributed by atoms with Gasteiger partial charge in [-0.3, -0.25) is 19.9 Å².